The molecule has 0 aromatic carbocycles. The zero-order chi connectivity index (χ0) is 9.36. The molecule has 0 radical (unpaired) electrons. The van der Waals surface area contributed by atoms with E-state index in [1.54, 1.807) is 0 Å². The number of hydrogen-bond acceptors (Lipinski definition) is 1. The Labute approximate surface area is 82.3 Å². The Morgan fingerprint density at radius 3 is 1.77 bits per heavy atom. The molecular formula is C12H23N. The lowest BCUT2D eigenvalue weighted by molar-refractivity contribution is 0.00767. The third-order valence-electron chi connectivity index (χ3n) is 4.37. The molecule has 3 rings (SSSR count). The van der Waals surface area contributed by atoms with Crippen molar-refractivity contribution >= 4 is 0 Å². The highest BCUT2D eigenvalue weighted by atomic mass is 15.1. The molecule has 76 valence electrons. The van der Waals surface area contributed by atoms with Gasteiger partial charge in [0, 0.05) is 11.1 Å². The molecule has 0 aromatic rings. The third-order valence-corrected chi connectivity index (χ3v) is 4.37. The van der Waals surface area contributed by atoms with Gasteiger partial charge >= 0.3 is 0 Å². The van der Waals surface area contributed by atoms with Crippen molar-refractivity contribution in [3.8, 4) is 0 Å². The lowest BCUT2D eigenvalue weighted by Gasteiger charge is -2.59. The molecule has 1 aliphatic carbocycles. The van der Waals surface area contributed by atoms with Crippen LogP contribution in [0.4, 0.5) is 0 Å². The van der Waals surface area contributed by atoms with Gasteiger partial charge in [-0.15, -0.1) is 0 Å². The van der Waals surface area contributed by atoms with E-state index in [1.165, 1.54) is 51.4 Å². The van der Waals surface area contributed by atoms with Gasteiger partial charge in [0.1, 0.15) is 0 Å². The lowest BCUT2D eigenvalue weighted by atomic mass is 9.63. The minimum absolute atomic E-state index is 0.552. The van der Waals surface area contributed by atoms with E-state index < -0.39 is 0 Å². The van der Waals surface area contributed by atoms with Crippen molar-refractivity contribution in [2.24, 2.45) is 0 Å². The molecule has 0 aromatic heterocycles. The molecule has 2 unspecified atom stereocenters. The van der Waals surface area contributed by atoms with Gasteiger partial charge in [0.25, 0.3) is 0 Å². The van der Waals surface area contributed by atoms with E-state index in [4.69, 9.17) is 0 Å². The quantitative estimate of drug-likeness (QED) is 0.689. The summed E-state index contributed by atoms with van der Waals surface area (Å²) in [7, 11) is 0. The molecule has 1 saturated carbocycles. The first kappa shape index (κ1) is 9.51. The van der Waals surface area contributed by atoms with E-state index in [1.807, 2.05) is 0 Å². The second-order valence-electron chi connectivity index (χ2n) is 5.13. The molecule has 2 bridgehead atoms. The molecule has 2 atom stereocenters. The van der Waals surface area contributed by atoms with Crippen LogP contribution in [-0.2, 0) is 0 Å². The van der Waals surface area contributed by atoms with E-state index in [0.29, 0.717) is 11.1 Å². The maximum absolute atomic E-state index is 3.91. The normalized spacial score (nSPS) is 44.8. The van der Waals surface area contributed by atoms with E-state index in [0.717, 1.165) is 0 Å². The van der Waals surface area contributed by atoms with Crippen LogP contribution in [0.5, 0.6) is 0 Å². The van der Waals surface area contributed by atoms with E-state index in [2.05, 4.69) is 19.2 Å². The zero-order valence-electron chi connectivity index (χ0n) is 9.16. The molecule has 2 heterocycles. The number of nitrogens with one attached hydrogen (secondary N) is 1. The molecule has 0 spiro atoms. The van der Waals surface area contributed by atoms with Crippen molar-refractivity contribution in [3.63, 3.8) is 0 Å². The molecule has 3 fully saturated rings. The van der Waals surface area contributed by atoms with Crippen LogP contribution >= 0.6 is 0 Å². The molecule has 1 heteroatoms. The van der Waals surface area contributed by atoms with Crippen LogP contribution in [0.2, 0.25) is 0 Å². The number of rotatable bonds is 2. The molecular weight excluding hydrogens is 158 g/mol. The highest BCUT2D eigenvalue weighted by molar-refractivity contribution is 5.12. The van der Waals surface area contributed by atoms with Gasteiger partial charge < -0.3 is 5.32 Å². The van der Waals surface area contributed by atoms with Crippen molar-refractivity contribution in [2.75, 3.05) is 0 Å². The minimum Gasteiger partial charge on any atom is -0.306 e. The Kier molecular flexibility index (Phi) is 2.39. The number of hydrogen-bond donors (Lipinski definition) is 1. The van der Waals surface area contributed by atoms with Crippen molar-refractivity contribution in [1.82, 2.24) is 5.32 Å². The van der Waals surface area contributed by atoms with Crippen LogP contribution in [0.25, 0.3) is 0 Å². The van der Waals surface area contributed by atoms with Crippen LogP contribution < -0.4 is 5.32 Å². The summed E-state index contributed by atoms with van der Waals surface area (Å²) in [5.41, 5.74) is 1.10. The van der Waals surface area contributed by atoms with Crippen LogP contribution in [0, 0.1) is 0 Å². The van der Waals surface area contributed by atoms with Crippen LogP contribution in [0.3, 0.4) is 0 Å². The van der Waals surface area contributed by atoms with Crippen LogP contribution in [0.1, 0.15) is 65.2 Å². The zero-order valence-corrected chi connectivity index (χ0v) is 9.16. The molecule has 2 aliphatic heterocycles. The molecule has 1 nitrogen and oxygen atoms in total. The van der Waals surface area contributed by atoms with Gasteiger partial charge in [-0.3, -0.25) is 0 Å². The summed E-state index contributed by atoms with van der Waals surface area (Å²) in [4.78, 5) is 0. The van der Waals surface area contributed by atoms with E-state index in [-0.39, 0.29) is 0 Å². The van der Waals surface area contributed by atoms with Crippen LogP contribution in [0.15, 0.2) is 0 Å². The first-order chi connectivity index (χ1) is 6.24. The Hall–Kier alpha value is -0.0400. The molecule has 1 N–H and O–H groups in total. The van der Waals surface area contributed by atoms with Gasteiger partial charge in [0.05, 0.1) is 0 Å². The van der Waals surface area contributed by atoms with E-state index in [9.17, 15) is 0 Å². The standard InChI is InChI=1S/C12H23N/c1-3-11-8-6-5-7-9-12(4-2,10-11)13-11/h13H,3-10H2,1-2H3. The second-order valence-corrected chi connectivity index (χ2v) is 5.13. The topological polar surface area (TPSA) is 12.0 Å². The predicted molar refractivity (Wildman–Crippen MR) is 56.9 cm³/mol. The summed E-state index contributed by atoms with van der Waals surface area (Å²) in [6.45, 7) is 4.68. The fourth-order valence-corrected chi connectivity index (χ4v) is 3.38. The van der Waals surface area contributed by atoms with E-state index >= 15 is 0 Å². The molecule has 0 amide bonds. The summed E-state index contributed by atoms with van der Waals surface area (Å²) in [6, 6.07) is 0. The highest BCUT2D eigenvalue weighted by Gasteiger charge is 2.51. The fourth-order valence-electron chi connectivity index (χ4n) is 3.38. The smallest absolute Gasteiger partial charge is 0.0201 e. The summed E-state index contributed by atoms with van der Waals surface area (Å²) in [5.74, 6) is 0. The average Bonchev–Trinajstić information content (AvgIpc) is 2.02. The summed E-state index contributed by atoms with van der Waals surface area (Å²) < 4.78 is 0. The fraction of sp³-hybridized carbons (Fsp3) is 1.00. The molecule has 3 aliphatic rings. The average molecular weight is 181 g/mol. The van der Waals surface area contributed by atoms with Gasteiger partial charge in [-0.25, -0.2) is 0 Å². The Morgan fingerprint density at radius 1 is 0.923 bits per heavy atom. The molecule has 13 heavy (non-hydrogen) atoms. The van der Waals surface area contributed by atoms with Gasteiger partial charge in [-0.2, -0.15) is 0 Å². The van der Waals surface area contributed by atoms with Crippen LogP contribution in [-0.4, -0.2) is 11.1 Å². The second kappa shape index (κ2) is 3.27. The third kappa shape index (κ3) is 1.52. The number of fused-ring (bicyclic) bond motifs is 4. The first-order valence-electron chi connectivity index (χ1n) is 6.04. The summed E-state index contributed by atoms with van der Waals surface area (Å²) in [6.07, 6.45) is 11.3. The largest absolute Gasteiger partial charge is 0.306 e. The minimum atomic E-state index is 0.552. The summed E-state index contributed by atoms with van der Waals surface area (Å²) >= 11 is 0. The van der Waals surface area contributed by atoms with Crippen molar-refractivity contribution < 1.29 is 0 Å². The summed E-state index contributed by atoms with van der Waals surface area (Å²) in [5, 5.41) is 3.91. The maximum atomic E-state index is 3.91. The van der Waals surface area contributed by atoms with Crippen molar-refractivity contribution in [3.05, 3.63) is 0 Å². The predicted octanol–water partition coefficient (Wildman–Crippen LogP) is 3.24. The molecule has 2 saturated heterocycles. The Balaban J connectivity index is 2.04. The lowest BCUT2D eigenvalue weighted by Crippen LogP contribution is -2.71. The van der Waals surface area contributed by atoms with Crippen molar-refractivity contribution in [2.45, 2.75) is 76.3 Å². The maximum Gasteiger partial charge on any atom is 0.0201 e. The first-order valence-corrected chi connectivity index (χ1v) is 6.04. The monoisotopic (exact) mass is 181 g/mol. The van der Waals surface area contributed by atoms with Gasteiger partial charge in [-0.05, 0) is 32.1 Å². The van der Waals surface area contributed by atoms with Crippen molar-refractivity contribution in [1.29, 1.82) is 0 Å². The Morgan fingerprint density at radius 2 is 1.38 bits per heavy atom. The van der Waals surface area contributed by atoms with Gasteiger partial charge in [0.2, 0.25) is 0 Å². The SMILES string of the molecule is CCC12CCCCCC(CC)(C1)N2. The highest BCUT2D eigenvalue weighted by Crippen LogP contribution is 2.46. The Bertz CT molecular complexity index is 162. The van der Waals surface area contributed by atoms with Gasteiger partial charge in [-0.1, -0.05) is 33.1 Å². The van der Waals surface area contributed by atoms with Gasteiger partial charge in [0.15, 0.2) is 0 Å².